The Bertz CT molecular complexity index is 314. The van der Waals surface area contributed by atoms with Gasteiger partial charge in [0.2, 0.25) is 0 Å². The van der Waals surface area contributed by atoms with Crippen LogP contribution in [0.5, 0.6) is 5.75 Å². The highest BCUT2D eigenvalue weighted by molar-refractivity contribution is 6.32. The minimum atomic E-state index is 0.129. The zero-order valence-corrected chi connectivity index (χ0v) is 10.0. The second kappa shape index (κ2) is 5.86. The lowest BCUT2D eigenvalue weighted by molar-refractivity contribution is 0.475. The van der Waals surface area contributed by atoms with Gasteiger partial charge in [0.05, 0.1) is 5.02 Å². The van der Waals surface area contributed by atoms with E-state index < -0.39 is 0 Å². The van der Waals surface area contributed by atoms with Crippen molar-refractivity contribution in [2.45, 2.75) is 26.7 Å². The van der Waals surface area contributed by atoms with Crippen molar-refractivity contribution in [2.75, 3.05) is 11.9 Å². The van der Waals surface area contributed by atoms with Crippen molar-refractivity contribution in [3.05, 3.63) is 23.2 Å². The van der Waals surface area contributed by atoms with Gasteiger partial charge in [-0.2, -0.15) is 0 Å². The number of benzene rings is 1. The predicted molar refractivity (Wildman–Crippen MR) is 65.7 cm³/mol. The van der Waals surface area contributed by atoms with Gasteiger partial charge in [-0.05, 0) is 30.5 Å². The van der Waals surface area contributed by atoms with Gasteiger partial charge in [0.25, 0.3) is 0 Å². The Hall–Kier alpha value is -0.890. The Balaban J connectivity index is 2.47. The summed E-state index contributed by atoms with van der Waals surface area (Å²) in [6.07, 6.45) is 2.43. The summed E-state index contributed by atoms with van der Waals surface area (Å²) >= 11 is 5.80. The number of phenolic OH excluding ortho intramolecular Hbond substituents is 1. The monoisotopic (exact) mass is 227 g/mol. The lowest BCUT2D eigenvalue weighted by atomic mass is 10.1. The molecule has 1 atom stereocenters. The van der Waals surface area contributed by atoms with E-state index in [1.54, 1.807) is 12.1 Å². The zero-order chi connectivity index (χ0) is 11.3. The van der Waals surface area contributed by atoms with Crippen LogP contribution in [0, 0.1) is 5.92 Å². The molecule has 0 spiro atoms. The van der Waals surface area contributed by atoms with Gasteiger partial charge < -0.3 is 10.4 Å². The molecule has 1 aromatic carbocycles. The van der Waals surface area contributed by atoms with Crippen LogP contribution in [0.3, 0.4) is 0 Å². The fourth-order valence-electron chi connectivity index (χ4n) is 1.50. The molecule has 0 fully saturated rings. The molecule has 1 unspecified atom stereocenters. The van der Waals surface area contributed by atoms with Crippen LogP contribution in [-0.4, -0.2) is 11.7 Å². The van der Waals surface area contributed by atoms with E-state index in [2.05, 4.69) is 19.2 Å². The van der Waals surface area contributed by atoms with Crippen LogP contribution in [-0.2, 0) is 0 Å². The summed E-state index contributed by atoms with van der Waals surface area (Å²) in [6, 6.07) is 5.19. The summed E-state index contributed by atoms with van der Waals surface area (Å²) in [6.45, 7) is 5.35. The zero-order valence-electron chi connectivity index (χ0n) is 9.26. The molecule has 2 N–H and O–H groups in total. The average molecular weight is 228 g/mol. The van der Waals surface area contributed by atoms with E-state index >= 15 is 0 Å². The van der Waals surface area contributed by atoms with Gasteiger partial charge in [0.15, 0.2) is 0 Å². The van der Waals surface area contributed by atoms with E-state index in [0.717, 1.165) is 12.2 Å². The van der Waals surface area contributed by atoms with Crippen LogP contribution < -0.4 is 5.32 Å². The lowest BCUT2D eigenvalue weighted by Gasteiger charge is -2.12. The van der Waals surface area contributed by atoms with Crippen molar-refractivity contribution in [1.82, 2.24) is 0 Å². The van der Waals surface area contributed by atoms with Crippen LogP contribution in [0.1, 0.15) is 26.7 Å². The Morgan fingerprint density at radius 2 is 2.20 bits per heavy atom. The van der Waals surface area contributed by atoms with Crippen molar-refractivity contribution in [3.63, 3.8) is 0 Å². The Labute approximate surface area is 96.3 Å². The van der Waals surface area contributed by atoms with Gasteiger partial charge in [0, 0.05) is 12.2 Å². The molecule has 15 heavy (non-hydrogen) atoms. The molecule has 1 rings (SSSR count). The van der Waals surface area contributed by atoms with Crippen LogP contribution >= 0.6 is 11.6 Å². The second-order valence-electron chi connectivity index (χ2n) is 3.94. The first kappa shape index (κ1) is 12.2. The van der Waals surface area contributed by atoms with Gasteiger partial charge in [-0.25, -0.2) is 0 Å². The first-order chi connectivity index (χ1) is 7.13. The maximum atomic E-state index is 9.25. The van der Waals surface area contributed by atoms with Crippen molar-refractivity contribution in [1.29, 1.82) is 0 Å². The van der Waals surface area contributed by atoms with E-state index in [1.807, 2.05) is 6.07 Å². The smallest absolute Gasteiger partial charge is 0.134 e. The third-order valence-corrected chi connectivity index (χ3v) is 2.69. The molecule has 0 amide bonds. The predicted octanol–water partition coefficient (Wildman–Crippen LogP) is 3.89. The molecular formula is C12H18ClNO. The number of hydrogen-bond acceptors (Lipinski definition) is 2. The molecular weight excluding hydrogens is 210 g/mol. The summed E-state index contributed by atoms with van der Waals surface area (Å²) in [4.78, 5) is 0. The fourth-order valence-corrected chi connectivity index (χ4v) is 1.68. The maximum absolute atomic E-state index is 9.25. The summed E-state index contributed by atoms with van der Waals surface area (Å²) < 4.78 is 0. The highest BCUT2D eigenvalue weighted by Gasteiger charge is 2.02. The van der Waals surface area contributed by atoms with E-state index in [4.69, 9.17) is 11.6 Å². The molecule has 0 aliphatic rings. The summed E-state index contributed by atoms with van der Waals surface area (Å²) in [5, 5.41) is 12.9. The average Bonchev–Trinajstić information content (AvgIpc) is 2.20. The Morgan fingerprint density at radius 1 is 1.47 bits per heavy atom. The summed E-state index contributed by atoms with van der Waals surface area (Å²) in [7, 11) is 0. The minimum Gasteiger partial charge on any atom is -0.506 e. The fraction of sp³-hybridized carbons (Fsp3) is 0.500. The third kappa shape index (κ3) is 4.00. The molecule has 0 bridgehead atoms. The molecule has 2 nitrogen and oxygen atoms in total. The molecule has 0 saturated heterocycles. The van der Waals surface area contributed by atoms with E-state index in [-0.39, 0.29) is 5.75 Å². The molecule has 1 aromatic rings. The SMILES string of the molecule is CCCC(C)CNc1ccc(O)c(Cl)c1. The molecule has 0 aliphatic carbocycles. The number of phenols is 1. The topological polar surface area (TPSA) is 32.3 Å². The number of rotatable bonds is 5. The van der Waals surface area contributed by atoms with Crippen molar-refractivity contribution in [3.8, 4) is 5.75 Å². The van der Waals surface area contributed by atoms with Gasteiger partial charge >= 0.3 is 0 Å². The van der Waals surface area contributed by atoms with Gasteiger partial charge in [-0.1, -0.05) is 31.9 Å². The molecule has 3 heteroatoms. The largest absolute Gasteiger partial charge is 0.506 e. The number of hydrogen-bond donors (Lipinski definition) is 2. The summed E-state index contributed by atoms with van der Waals surface area (Å²) in [5.41, 5.74) is 0.959. The number of anilines is 1. The van der Waals surface area contributed by atoms with E-state index in [1.165, 1.54) is 12.8 Å². The standard InChI is InChI=1S/C12H18ClNO/c1-3-4-9(2)8-14-10-5-6-12(15)11(13)7-10/h5-7,9,14-15H,3-4,8H2,1-2H3. The maximum Gasteiger partial charge on any atom is 0.134 e. The minimum absolute atomic E-state index is 0.129. The van der Waals surface area contributed by atoms with Crippen molar-refractivity contribution < 1.29 is 5.11 Å². The molecule has 0 aliphatic heterocycles. The van der Waals surface area contributed by atoms with E-state index in [9.17, 15) is 5.11 Å². The first-order valence-electron chi connectivity index (χ1n) is 5.36. The molecule has 0 saturated carbocycles. The molecule has 84 valence electrons. The number of aromatic hydroxyl groups is 1. The molecule has 0 aromatic heterocycles. The number of nitrogens with one attached hydrogen (secondary N) is 1. The first-order valence-corrected chi connectivity index (χ1v) is 5.73. The van der Waals surface area contributed by atoms with Gasteiger partial charge in [0.1, 0.15) is 5.75 Å². The quantitative estimate of drug-likeness (QED) is 0.748. The van der Waals surface area contributed by atoms with Crippen LogP contribution in [0.25, 0.3) is 0 Å². The number of halogens is 1. The Morgan fingerprint density at radius 3 is 2.80 bits per heavy atom. The third-order valence-electron chi connectivity index (χ3n) is 2.38. The molecule has 0 heterocycles. The van der Waals surface area contributed by atoms with Crippen LogP contribution in [0.15, 0.2) is 18.2 Å². The Kier molecular flexibility index (Phi) is 4.76. The van der Waals surface area contributed by atoms with E-state index in [0.29, 0.717) is 10.9 Å². The second-order valence-corrected chi connectivity index (χ2v) is 4.35. The lowest BCUT2D eigenvalue weighted by Crippen LogP contribution is -2.10. The highest BCUT2D eigenvalue weighted by Crippen LogP contribution is 2.26. The molecule has 0 radical (unpaired) electrons. The van der Waals surface area contributed by atoms with Crippen LogP contribution in [0.2, 0.25) is 5.02 Å². The van der Waals surface area contributed by atoms with Crippen molar-refractivity contribution >= 4 is 17.3 Å². The van der Waals surface area contributed by atoms with Gasteiger partial charge in [-0.3, -0.25) is 0 Å². The van der Waals surface area contributed by atoms with Crippen LogP contribution in [0.4, 0.5) is 5.69 Å². The van der Waals surface area contributed by atoms with Gasteiger partial charge in [-0.15, -0.1) is 0 Å². The summed E-state index contributed by atoms with van der Waals surface area (Å²) in [5.74, 6) is 0.784. The normalized spacial score (nSPS) is 12.5. The highest BCUT2D eigenvalue weighted by atomic mass is 35.5. The van der Waals surface area contributed by atoms with Crippen molar-refractivity contribution in [2.24, 2.45) is 5.92 Å².